The van der Waals surface area contributed by atoms with Crippen molar-refractivity contribution in [1.29, 1.82) is 0 Å². The molecule has 170 valence electrons. The lowest BCUT2D eigenvalue weighted by molar-refractivity contribution is -0.136. The Balaban J connectivity index is 1.41. The Morgan fingerprint density at radius 1 is 1.31 bits per heavy atom. The highest BCUT2D eigenvalue weighted by molar-refractivity contribution is 6.10. The molecule has 2 unspecified atom stereocenters. The smallest absolute Gasteiger partial charge is 0.325 e. The summed E-state index contributed by atoms with van der Waals surface area (Å²) in [6, 6.07) is 7.09. The van der Waals surface area contributed by atoms with E-state index < -0.39 is 17.5 Å². The van der Waals surface area contributed by atoms with Gasteiger partial charge in [0.25, 0.3) is 5.91 Å². The molecule has 2 aromatic rings. The molecule has 2 fully saturated rings. The zero-order chi connectivity index (χ0) is 22.9. The number of hydrogen-bond acceptors (Lipinski definition) is 4. The molecule has 4 amide bonds. The van der Waals surface area contributed by atoms with Crippen molar-refractivity contribution in [2.45, 2.75) is 64.5 Å². The van der Waals surface area contributed by atoms with Crippen molar-refractivity contribution < 1.29 is 14.4 Å². The average molecular weight is 438 g/mol. The lowest BCUT2D eigenvalue weighted by Crippen LogP contribution is -2.54. The molecule has 8 heteroatoms. The van der Waals surface area contributed by atoms with Gasteiger partial charge in [-0.2, -0.15) is 0 Å². The van der Waals surface area contributed by atoms with Gasteiger partial charge in [0.2, 0.25) is 5.91 Å². The monoisotopic (exact) mass is 437 g/mol. The van der Waals surface area contributed by atoms with Crippen molar-refractivity contribution in [2.24, 2.45) is 5.92 Å². The number of rotatable bonds is 6. The summed E-state index contributed by atoms with van der Waals surface area (Å²) >= 11 is 0. The van der Waals surface area contributed by atoms with Crippen molar-refractivity contribution in [3.8, 4) is 0 Å². The second-order valence-electron chi connectivity index (χ2n) is 9.26. The first-order valence-electron chi connectivity index (χ1n) is 11.3. The van der Waals surface area contributed by atoms with Crippen LogP contribution in [0.2, 0.25) is 0 Å². The van der Waals surface area contributed by atoms with Crippen LogP contribution in [0.15, 0.2) is 36.7 Å². The topological polar surface area (TPSA) is 96.3 Å². The van der Waals surface area contributed by atoms with Crippen LogP contribution in [0.1, 0.15) is 63.8 Å². The van der Waals surface area contributed by atoms with Crippen molar-refractivity contribution in [3.05, 3.63) is 48.0 Å². The fourth-order valence-electron chi connectivity index (χ4n) is 4.88. The molecule has 4 rings (SSSR count). The lowest BCUT2D eigenvalue weighted by Gasteiger charge is -2.36. The van der Waals surface area contributed by atoms with Gasteiger partial charge in [-0.25, -0.2) is 9.78 Å². The number of imide groups is 1. The summed E-state index contributed by atoms with van der Waals surface area (Å²) in [5, 5.41) is 5.72. The van der Waals surface area contributed by atoms with E-state index in [-0.39, 0.29) is 18.4 Å². The first kappa shape index (κ1) is 22.0. The number of carbonyl (C=O) groups excluding carboxylic acids is 3. The van der Waals surface area contributed by atoms with Gasteiger partial charge in [-0.05, 0) is 36.5 Å². The predicted octanol–water partition coefficient (Wildman–Crippen LogP) is 3.49. The standard InChI is InChI=1S/C24H31N5O3/c1-16(2)21-25-11-12-28(21)14-18-8-6-9-19(13-18)26-20(30)15-29-22(31)24(27-23(29)32)10-5-4-7-17(24)3/h6,8-9,11-13,16-17H,4-5,7,10,14-15H2,1-3H3,(H,26,30)(H,27,32). The van der Waals surface area contributed by atoms with E-state index >= 15 is 0 Å². The minimum absolute atomic E-state index is 0.0661. The van der Waals surface area contributed by atoms with Gasteiger partial charge in [0, 0.05) is 30.5 Å². The van der Waals surface area contributed by atoms with Gasteiger partial charge >= 0.3 is 6.03 Å². The fourth-order valence-corrected chi connectivity index (χ4v) is 4.88. The van der Waals surface area contributed by atoms with Crippen LogP contribution in [0.4, 0.5) is 10.5 Å². The summed E-state index contributed by atoms with van der Waals surface area (Å²) in [6.45, 7) is 6.55. The zero-order valence-electron chi connectivity index (χ0n) is 18.9. The largest absolute Gasteiger partial charge is 0.330 e. The Morgan fingerprint density at radius 2 is 2.12 bits per heavy atom. The second-order valence-corrected chi connectivity index (χ2v) is 9.26. The highest BCUT2D eigenvalue weighted by Crippen LogP contribution is 2.38. The number of imidazole rings is 1. The molecule has 2 aliphatic rings. The first-order valence-corrected chi connectivity index (χ1v) is 11.3. The molecule has 1 aromatic heterocycles. The van der Waals surface area contributed by atoms with Gasteiger partial charge in [-0.3, -0.25) is 14.5 Å². The molecule has 1 aromatic carbocycles. The molecular formula is C24H31N5O3. The highest BCUT2D eigenvalue weighted by Gasteiger charge is 2.55. The number of anilines is 1. The van der Waals surface area contributed by atoms with Crippen LogP contribution < -0.4 is 10.6 Å². The molecule has 1 saturated carbocycles. The van der Waals surface area contributed by atoms with Crippen LogP contribution in [-0.4, -0.2) is 44.4 Å². The molecule has 0 radical (unpaired) electrons. The van der Waals surface area contributed by atoms with E-state index in [2.05, 4.69) is 34.0 Å². The van der Waals surface area contributed by atoms with E-state index in [9.17, 15) is 14.4 Å². The Morgan fingerprint density at radius 3 is 2.88 bits per heavy atom. The second kappa shape index (κ2) is 8.76. The number of aromatic nitrogens is 2. The normalized spacial score (nSPS) is 23.1. The van der Waals surface area contributed by atoms with Gasteiger partial charge in [0.05, 0.1) is 0 Å². The third-order valence-electron chi connectivity index (χ3n) is 6.63. The van der Waals surface area contributed by atoms with Crippen LogP contribution >= 0.6 is 0 Å². The summed E-state index contributed by atoms with van der Waals surface area (Å²) in [6.07, 6.45) is 7.22. The summed E-state index contributed by atoms with van der Waals surface area (Å²) < 4.78 is 2.09. The minimum atomic E-state index is -0.853. The molecule has 1 spiro atoms. The van der Waals surface area contributed by atoms with Crippen LogP contribution in [0.25, 0.3) is 0 Å². The summed E-state index contributed by atoms with van der Waals surface area (Å²) in [4.78, 5) is 43.7. The third-order valence-corrected chi connectivity index (χ3v) is 6.63. The van der Waals surface area contributed by atoms with Gasteiger partial charge in [0.15, 0.2) is 0 Å². The van der Waals surface area contributed by atoms with Crippen LogP contribution in [0, 0.1) is 5.92 Å². The molecule has 0 bridgehead atoms. The average Bonchev–Trinajstić information content (AvgIpc) is 3.30. The number of carbonyl (C=O) groups is 3. The number of nitrogens with zero attached hydrogens (tertiary/aromatic N) is 3. The maximum Gasteiger partial charge on any atom is 0.325 e. The van der Waals surface area contributed by atoms with E-state index in [4.69, 9.17) is 0 Å². The molecule has 1 saturated heterocycles. The molecule has 8 nitrogen and oxygen atoms in total. The van der Waals surface area contributed by atoms with Gasteiger partial charge in [0.1, 0.15) is 17.9 Å². The summed E-state index contributed by atoms with van der Waals surface area (Å²) in [5.74, 6) is 0.712. The van der Waals surface area contributed by atoms with E-state index in [1.165, 1.54) is 0 Å². The molecule has 1 aliphatic heterocycles. The summed E-state index contributed by atoms with van der Waals surface area (Å²) in [5.41, 5.74) is 0.799. The van der Waals surface area contributed by atoms with Crippen LogP contribution in [0.5, 0.6) is 0 Å². The number of amides is 4. The van der Waals surface area contributed by atoms with E-state index in [1.54, 1.807) is 12.3 Å². The maximum absolute atomic E-state index is 13.1. The van der Waals surface area contributed by atoms with E-state index in [0.717, 1.165) is 35.6 Å². The van der Waals surface area contributed by atoms with Crippen molar-refractivity contribution in [1.82, 2.24) is 19.8 Å². The van der Waals surface area contributed by atoms with Gasteiger partial charge < -0.3 is 15.2 Å². The lowest BCUT2D eigenvalue weighted by atomic mass is 9.73. The molecule has 1 aliphatic carbocycles. The number of nitrogens with one attached hydrogen (secondary N) is 2. The quantitative estimate of drug-likeness (QED) is 0.676. The van der Waals surface area contributed by atoms with Gasteiger partial charge in [-0.15, -0.1) is 0 Å². The maximum atomic E-state index is 13.1. The van der Waals surface area contributed by atoms with Crippen LogP contribution in [0.3, 0.4) is 0 Å². The Kier molecular flexibility index (Phi) is 6.04. The van der Waals surface area contributed by atoms with Gasteiger partial charge in [-0.1, -0.05) is 45.7 Å². The SMILES string of the molecule is CC(C)c1nccn1Cc1cccc(NC(=O)CN2C(=O)NC3(CCCCC3C)C2=O)c1. The van der Waals surface area contributed by atoms with Crippen molar-refractivity contribution in [2.75, 3.05) is 11.9 Å². The van der Waals surface area contributed by atoms with Crippen LogP contribution in [-0.2, 0) is 16.1 Å². The Hall–Kier alpha value is -3.16. The van der Waals surface area contributed by atoms with Crippen molar-refractivity contribution >= 4 is 23.5 Å². The molecule has 2 atom stereocenters. The van der Waals surface area contributed by atoms with E-state index in [0.29, 0.717) is 24.6 Å². The number of urea groups is 1. The Labute approximate surface area is 188 Å². The molecule has 32 heavy (non-hydrogen) atoms. The molecule has 2 N–H and O–H groups in total. The molecule has 2 heterocycles. The van der Waals surface area contributed by atoms with E-state index in [1.807, 2.05) is 31.3 Å². The Bertz CT molecular complexity index is 1030. The molecular weight excluding hydrogens is 406 g/mol. The zero-order valence-corrected chi connectivity index (χ0v) is 18.9. The number of benzene rings is 1. The summed E-state index contributed by atoms with van der Waals surface area (Å²) in [7, 11) is 0. The van der Waals surface area contributed by atoms with Crippen molar-refractivity contribution in [3.63, 3.8) is 0 Å². The predicted molar refractivity (Wildman–Crippen MR) is 121 cm³/mol. The number of hydrogen-bond donors (Lipinski definition) is 2. The third kappa shape index (κ3) is 4.13. The first-order chi connectivity index (χ1) is 15.3. The highest BCUT2D eigenvalue weighted by atomic mass is 16.2. The minimum Gasteiger partial charge on any atom is -0.330 e. The fraction of sp³-hybridized carbons (Fsp3) is 0.500.